The molecule has 134 valence electrons. The Morgan fingerprint density at radius 2 is 1.85 bits per heavy atom. The first-order valence-electron chi connectivity index (χ1n) is 7.98. The van der Waals surface area contributed by atoms with Crippen LogP contribution in [-0.4, -0.2) is 47.2 Å². The van der Waals surface area contributed by atoms with Crippen molar-refractivity contribution in [3.05, 3.63) is 51.3 Å². The van der Waals surface area contributed by atoms with Gasteiger partial charge in [-0.15, -0.1) is 21.5 Å². The van der Waals surface area contributed by atoms with Gasteiger partial charge < -0.3 is 9.80 Å². The van der Waals surface area contributed by atoms with Crippen LogP contribution in [0.2, 0.25) is 10.0 Å². The highest BCUT2D eigenvalue weighted by Crippen LogP contribution is 2.32. The van der Waals surface area contributed by atoms with Gasteiger partial charge in [0.2, 0.25) is 5.13 Å². The molecule has 26 heavy (non-hydrogen) atoms. The van der Waals surface area contributed by atoms with Gasteiger partial charge in [-0.2, -0.15) is 0 Å². The Hall–Kier alpha value is -1.67. The summed E-state index contributed by atoms with van der Waals surface area (Å²) in [6.07, 6.45) is 0. The first kappa shape index (κ1) is 17.7. The second kappa shape index (κ2) is 7.52. The fourth-order valence-corrected chi connectivity index (χ4v) is 4.74. The van der Waals surface area contributed by atoms with Gasteiger partial charge in [-0.05, 0) is 29.6 Å². The quantitative estimate of drug-likeness (QED) is 0.619. The Bertz CT molecular complexity index is 921. The molecule has 0 spiro atoms. The molecule has 0 aliphatic carbocycles. The first-order chi connectivity index (χ1) is 12.6. The lowest BCUT2D eigenvalue weighted by atomic mass is 10.2. The van der Waals surface area contributed by atoms with Crippen molar-refractivity contribution < 1.29 is 4.79 Å². The van der Waals surface area contributed by atoms with Crippen molar-refractivity contribution in [1.29, 1.82) is 0 Å². The van der Waals surface area contributed by atoms with E-state index < -0.39 is 0 Å². The number of thiophene rings is 1. The molecule has 0 saturated carbocycles. The van der Waals surface area contributed by atoms with E-state index in [1.54, 1.807) is 40.9 Å². The summed E-state index contributed by atoms with van der Waals surface area (Å²) in [5.41, 5.74) is 0.559. The highest BCUT2D eigenvalue weighted by Gasteiger charge is 2.24. The lowest BCUT2D eigenvalue weighted by molar-refractivity contribution is 0.0747. The van der Waals surface area contributed by atoms with Crippen LogP contribution < -0.4 is 4.90 Å². The molecule has 5 nitrogen and oxygen atoms in total. The Kier molecular flexibility index (Phi) is 5.13. The van der Waals surface area contributed by atoms with E-state index in [0.717, 1.165) is 28.1 Å². The average Bonchev–Trinajstić information content (AvgIpc) is 3.35. The predicted octanol–water partition coefficient (Wildman–Crippen LogP) is 4.54. The van der Waals surface area contributed by atoms with Gasteiger partial charge in [0.15, 0.2) is 5.01 Å². The molecule has 0 N–H and O–H groups in total. The van der Waals surface area contributed by atoms with Crippen LogP contribution in [0, 0.1) is 0 Å². The maximum atomic E-state index is 12.6. The van der Waals surface area contributed by atoms with Gasteiger partial charge in [0.05, 0.1) is 14.9 Å². The highest BCUT2D eigenvalue weighted by atomic mass is 35.5. The molecule has 1 aromatic carbocycles. The van der Waals surface area contributed by atoms with Gasteiger partial charge >= 0.3 is 0 Å². The third kappa shape index (κ3) is 3.57. The summed E-state index contributed by atoms with van der Waals surface area (Å²) in [5.74, 6) is -0.0280. The Morgan fingerprint density at radius 1 is 1.04 bits per heavy atom. The number of nitrogens with zero attached hydrogens (tertiary/aromatic N) is 4. The number of aromatic nitrogens is 2. The number of benzene rings is 1. The van der Waals surface area contributed by atoms with Gasteiger partial charge in [-0.3, -0.25) is 4.79 Å². The number of hydrogen-bond donors (Lipinski definition) is 0. The Balaban J connectivity index is 1.41. The molecule has 1 aliphatic heterocycles. The van der Waals surface area contributed by atoms with Gasteiger partial charge in [0, 0.05) is 31.7 Å². The number of anilines is 1. The number of carbonyl (C=O) groups excluding carboxylic acids is 1. The largest absolute Gasteiger partial charge is 0.343 e. The van der Waals surface area contributed by atoms with E-state index in [1.807, 2.05) is 22.4 Å². The SMILES string of the molecule is O=C(c1ccc(Cl)c(Cl)c1)N1CCN(c2nnc(-c3cccs3)s2)CC1. The molecule has 1 fully saturated rings. The summed E-state index contributed by atoms with van der Waals surface area (Å²) in [5, 5.41) is 13.3. The van der Waals surface area contributed by atoms with Crippen molar-refractivity contribution in [2.75, 3.05) is 31.1 Å². The van der Waals surface area contributed by atoms with Gasteiger partial charge in [0.1, 0.15) is 0 Å². The van der Waals surface area contributed by atoms with E-state index in [9.17, 15) is 4.79 Å². The monoisotopic (exact) mass is 424 g/mol. The highest BCUT2D eigenvalue weighted by molar-refractivity contribution is 7.22. The van der Waals surface area contributed by atoms with Crippen molar-refractivity contribution in [1.82, 2.24) is 15.1 Å². The topological polar surface area (TPSA) is 49.3 Å². The third-order valence-electron chi connectivity index (χ3n) is 4.15. The number of carbonyl (C=O) groups is 1. The van der Waals surface area contributed by atoms with Crippen LogP contribution in [0.25, 0.3) is 9.88 Å². The molecule has 0 unspecified atom stereocenters. The number of rotatable bonds is 3. The lowest BCUT2D eigenvalue weighted by Crippen LogP contribution is -2.48. The zero-order valence-corrected chi connectivity index (χ0v) is 16.7. The molecule has 3 heterocycles. The predicted molar refractivity (Wildman–Crippen MR) is 108 cm³/mol. The summed E-state index contributed by atoms with van der Waals surface area (Å²) in [6.45, 7) is 2.72. The standard InChI is InChI=1S/C17H14Cl2N4OS2/c18-12-4-3-11(10-13(12)19)16(24)22-5-7-23(8-6-22)17-21-20-15(26-17)14-2-1-9-25-14/h1-4,9-10H,5-8H2. The molecule has 0 bridgehead atoms. The zero-order valence-electron chi connectivity index (χ0n) is 13.6. The zero-order chi connectivity index (χ0) is 18.1. The molecular formula is C17H14Cl2N4OS2. The molecule has 3 aromatic rings. The molecule has 9 heteroatoms. The van der Waals surface area contributed by atoms with Crippen molar-refractivity contribution in [2.24, 2.45) is 0 Å². The Labute approximate surface area is 168 Å². The van der Waals surface area contributed by atoms with E-state index in [4.69, 9.17) is 23.2 Å². The van der Waals surface area contributed by atoms with Crippen LogP contribution in [0.3, 0.4) is 0 Å². The minimum Gasteiger partial charge on any atom is -0.343 e. The summed E-state index contributed by atoms with van der Waals surface area (Å²) in [6, 6.07) is 9.04. The summed E-state index contributed by atoms with van der Waals surface area (Å²) >= 11 is 15.2. The van der Waals surface area contributed by atoms with Crippen LogP contribution in [0.4, 0.5) is 5.13 Å². The molecule has 1 aliphatic rings. The van der Waals surface area contributed by atoms with Crippen LogP contribution >= 0.6 is 45.9 Å². The normalized spacial score (nSPS) is 14.7. The van der Waals surface area contributed by atoms with Crippen molar-refractivity contribution in [2.45, 2.75) is 0 Å². The molecule has 1 saturated heterocycles. The lowest BCUT2D eigenvalue weighted by Gasteiger charge is -2.34. The van der Waals surface area contributed by atoms with Gasteiger partial charge in [0.25, 0.3) is 5.91 Å². The fourth-order valence-electron chi connectivity index (χ4n) is 2.76. The van der Waals surface area contributed by atoms with Crippen LogP contribution in [-0.2, 0) is 0 Å². The molecule has 2 aromatic heterocycles. The summed E-state index contributed by atoms with van der Waals surface area (Å²) in [4.78, 5) is 17.8. The van der Waals surface area contributed by atoms with E-state index in [2.05, 4.69) is 15.1 Å². The van der Waals surface area contributed by atoms with Crippen molar-refractivity contribution in [3.63, 3.8) is 0 Å². The van der Waals surface area contributed by atoms with E-state index >= 15 is 0 Å². The molecule has 0 atom stereocenters. The van der Waals surface area contributed by atoms with Crippen molar-refractivity contribution >= 4 is 56.9 Å². The van der Waals surface area contributed by atoms with Gasteiger partial charge in [-0.1, -0.05) is 40.6 Å². The molecular weight excluding hydrogens is 411 g/mol. The van der Waals surface area contributed by atoms with E-state index in [-0.39, 0.29) is 5.91 Å². The van der Waals surface area contributed by atoms with Crippen LogP contribution in [0.15, 0.2) is 35.7 Å². The Morgan fingerprint density at radius 3 is 2.54 bits per heavy atom. The number of piperazine rings is 1. The first-order valence-corrected chi connectivity index (χ1v) is 10.4. The van der Waals surface area contributed by atoms with Gasteiger partial charge in [-0.25, -0.2) is 0 Å². The third-order valence-corrected chi connectivity index (χ3v) is 6.91. The average molecular weight is 425 g/mol. The number of hydrogen-bond acceptors (Lipinski definition) is 6. The smallest absolute Gasteiger partial charge is 0.254 e. The van der Waals surface area contributed by atoms with E-state index in [1.165, 1.54) is 0 Å². The van der Waals surface area contributed by atoms with Crippen molar-refractivity contribution in [3.8, 4) is 9.88 Å². The number of halogens is 2. The summed E-state index contributed by atoms with van der Waals surface area (Å²) in [7, 11) is 0. The maximum absolute atomic E-state index is 12.6. The molecule has 0 radical (unpaired) electrons. The second-order valence-corrected chi connectivity index (χ2v) is 8.49. The van der Waals surface area contributed by atoms with Crippen LogP contribution in [0.1, 0.15) is 10.4 Å². The minimum absolute atomic E-state index is 0.0280. The maximum Gasteiger partial charge on any atom is 0.254 e. The fraction of sp³-hybridized carbons (Fsp3) is 0.235. The van der Waals surface area contributed by atoms with Crippen LogP contribution in [0.5, 0.6) is 0 Å². The number of amides is 1. The minimum atomic E-state index is -0.0280. The van der Waals surface area contributed by atoms with E-state index in [0.29, 0.717) is 28.7 Å². The molecule has 1 amide bonds. The molecule has 4 rings (SSSR count). The second-order valence-electron chi connectivity index (χ2n) is 5.78. The summed E-state index contributed by atoms with van der Waals surface area (Å²) < 4.78 is 0.